The lowest BCUT2D eigenvalue weighted by Crippen LogP contribution is -2.27. The van der Waals surface area contributed by atoms with Gasteiger partial charge in [-0.1, -0.05) is 0 Å². The van der Waals surface area contributed by atoms with Crippen molar-refractivity contribution < 1.29 is 27.6 Å². The molecular weight excluding hydrogens is 462 g/mol. The van der Waals surface area contributed by atoms with Crippen LogP contribution in [0, 0.1) is 24.0 Å². The van der Waals surface area contributed by atoms with Crippen molar-refractivity contribution in [3.05, 3.63) is 51.3 Å². The van der Waals surface area contributed by atoms with E-state index in [1.807, 2.05) is 18.4 Å². The molecule has 0 spiro atoms. The highest BCUT2D eigenvalue weighted by Crippen LogP contribution is 2.32. The van der Waals surface area contributed by atoms with Gasteiger partial charge in [-0.05, 0) is 57.7 Å². The molecule has 0 radical (unpaired) electrons. The summed E-state index contributed by atoms with van der Waals surface area (Å²) in [6.07, 6.45) is 3.66. The molecule has 1 aromatic heterocycles. The summed E-state index contributed by atoms with van der Waals surface area (Å²) < 4.78 is 40.1. The second-order valence-corrected chi connectivity index (χ2v) is 10.7. The number of carbonyl (C=O) groups excluding carboxylic acids is 1. The molecule has 0 bridgehead atoms. The van der Waals surface area contributed by atoms with Gasteiger partial charge in [0.15, 0.2) is 12.4 Å². The number of Topliss-reactive ketones (excluding diaryl/α,β-unsaturated/α-hetero) is 1. The molecule has 11 heteroatoms. The summed E-state index contributed by atoms with van der Waals surface area (Å²) in [5.74, 6) is -0.457. The van der Waals surface area contributed by atoms with Crippen LogP contribution in [0.2, 0.25) is 0 Å². The summed E-state index contributed by atoms with van der Waals surface area (Å²) in [7, 11) is -3.81. The Morgan fingerprint density at radius 2 is 1.94 bits per heavy atom. The smallest absolute Gasteiger partial charge is 0.312 e. The molecule has 4 rings (SSSR count). The predicted octanol–water partition coefficient (Wildman–Crippen LogP) is 3.24. The maximum absolute atomic E-state index is 12.9. The zero-order valence-corrected chi connectivity index (χ0v) is 20.2. The number of hydrogen-bond donors (Lipinski definition) is 0. The Kier molecular flexibility index (Phi) is 7.06. The second-order valence-electron chi connectivity index (χ2n) is 8.74. The van der Waals surface area contributed by atoms with Gasteiger partial charge in [-0.15, -0.1) is 0 Å². The van der Waals surface area contributed by atoms with E-state index >= 15 is 0 Å². The van der Waals surface area contributed by atoms with E-state index in [1.54, 1.807) is 6.07 Å². The van der Waals surface area contributed by atoms with E-state index in [2.05, 4.69) is 0 Å². The van der Waals surface area contributed by atoms with Crippen LogP contribution in [0.5, 0.6) is 5.75 Å². The van der Waals surface area contributed by atoms with E-state index in [0.717, 1.165) is 49.7 Å². The van der Waals surface area contributed by atoms with Crippen molar-refractivity contribution in [2.24, 2.45) is 0 Å². The lowest BCUT2D eigenvalue weighted by Gasteiger charge is -2.16. The van der Waals surface area contributed by atoms with Crippen molar-refractivity contribution in [1.82, 2.24) is 8.87 Å². The first kappa shape index (κ1) is 24.4. The lowest BCUT2D eigenvalue weighted by atomic mass is 10.1. The molecule has 1 unspecified atom stereocenters. The summed E-state index contributed by atoms with van der Waals surface area (Å²) in [5.41, 5.74) is 1.73. The number of aryl methyl sites for hydroxylation is 1. The maximum atomic E-state index is 12.9. The van der Waals surface area contributed by atoms with Gasteiger partial charge in [-0.3, -0.25) is 14.9 Å². The highest BCUT2D eigenvalue weighted by Gasteiger charge is 2.30. The van der Waals surface area contributed by atoms with Gasteiger partial charge < -0.3 is 14.0 Å². The number of ether oxygens (including phenoxy) is 2. The highest BCUT2D eigenvalue weighted by molar-refractivity contribution is 7.89. The molecule has 0 saturated carbocycles. The summed E-state index contributed by atoms with van der Waals surface area (Å²) >= 11 is 0. The number of nitrogens with zero attached hydrogens (tertiary/aromatic N) is 3. The number of carbonyl (C=O) groups is 1. The fraction of sp³-hybridized carbons (Fsp3) is 0.522. The number of ketones is 1. The van der Waals surface area contributed by atoms with E-state index in [-0.39, 0.29) is 22.5 Å². The van der Waals surface area contributed by atoms with Crippen LogP contribution >= 0.6 is 0 Å². The fourth-order valence-corrected chi connectivity index (χ4v) is 6.11. The minimum Gasteiger partial charge on any atom is -0.478 e. The van der Waals surface area contributed by atoms with Gasteiger partial charge in [0.25, 0.3) is 0 Å². The molecule has 1 atom stereocenters. The van der Waals surface area contributed by atoms with Gasteiger partial charge in [0.2, 0.25) is 15.8 Å². The number of nitro benzene ring substituents is 1. The van der Waals surface area contributed by atoms with Crippen LogP contribution in [0.3, 0.4) is 0 Å². The van der Waals surface area contributed by atoms with Crippen LogP contribution in [-0.2, 0) is 21.3 Å². The Balaban J connectivity index is 1.50. The standard InChI is InChI=1S/C23H29N3O7S/c1-16-12-20(17(2)25(16)14-18-6-5-11-32-18)22(27)15-33-23-8-7-19(13-21(23)26(28)29)34(30,31)24-9-3-4-10-24/h7-8,12-13,18H,3-6,9-11,14-15H2,1-2H3. The largest absolute Gasteiger partial charge is 0.478 e. The molecule has 10 nitrogen and oxygen atoms in total. The van der Waals surface area contributed by atoms with E-state index in [9.17, 15) is 23.3 Å². The zero-order chi connectivity index (χ0) is 24.5. The van der Waals surface area contributed by atoms with Crippen LogP contribution in [-0.4, -0.2) is 60.4 Å². The summed E-state index contributed by atoms with van der Waals surface area (Å²) in [5, 5.41) is 11.6. The van der Waals surface area contributed by atoms with Crippen molar-refractivity contribution in [3.8, 4) is 5.75 Å². The predicted molar refractivity (Wildman–Crippen MR) is 124 cm³/mol. The van der Waals surface area contributed by atoms with E-state index in [0.29, 0.717) is 25.2 Å². The first-order chi connectivity index (χ1) is 16.2. The Hall–Kier alpha value is -2.76. The SMILES string of the molecule is Cc1cc(C(=O)COc2ccc(S(=O)(=O)N3CCCC3)cc2[N+](=O)[O-])c(C)n1CC1CCCO1. The molecule has 34 heavy (non-hydrogen) atoms. The van der Waals surface area contributed by atoms with E-state index < -0.39 is 27.2 Å². The minimum absolute atomic E-state index is 0.127. The van der Waals surface area contributed by atoms with Gasteiger partial charge in [0, 0.05) is 49.3 Å². The second kappa shape index (κ2) is 9.85. The Morgan fingerprint density at radius 1 is 1.21 bits per heavy atom. The summed E-state index contributed by atoms with van der Waals surface area (Å²) in [6, 6.07) is 5.32. The normalized spacial score (nSPS) is 18.9. The quantitative estimate of drug-likeness (QED) is 0.300. The molecule has 2 aliphatic heterocycles. The molecular formula is C23H29N3O7S. The number of sulfonamides is 1. The molecule has 0 aliphatic carbocycles. The zero-order valence-electron chi connectivity index (χ0n) is 19.4. The third-order valence-corrected chi connectivity index (χ3v) is 8.37. The van der Waals surface area contributed by atoms with Crippen LogP contribution < -0.4 is 4.74 Å². The van der Waals surface area contributed by atoms with Gasteiger partial charge in [0.1, 0.15) is 0 Å². The van der Waals surface area contributed by atoms with Gasteiger partial charge in [0.05, 0.1) is 15.9 Å². The van der Waals surface area contributed by atoms with Crippen molar-refractivity contribution in [2.75, 3.05) is 26.3 Å². The van der Waals surface area contributed by atoms with Crippen LogP contribution in [0.15, 0.2) is 29.2 Å². The first-order valence-corrected chi connectivity index (χ1v) is 12.9. The molecule has 2 saturated heterocycles. The number of nitro groups is 1. The summed E-state index contributed by atoms with van der Waals surface area (Å²) in [6.45, 7) is 5.59. The molecule has 2 aromatic rings. The molecule has 0 amide bonds. The minimum atomic E-state index is -3.81. The van der Waals surface area contributed by atoms with E-state index in [4.69, 9.17) is 9.47 Å². The Labute approximate surface area is 198 Å². The monoisotopic (exact) mass is 491 g/mol. The topological polar surface area (TPSA) is 121 Å². The molecule has 2 aliphatic rings. The lowest BCUT2D eigenvalue weighted by molar-refractivity contribution is -0.386. The van der Waals surface area contributed by atoms with Crippen LogP contribution in [0.4, 0.5) is 5.69 Å². The molecule has 0 N–H and O–H groups in total. The average molecular weight is 492 g/mol. The molecule has 3 heterocycles. The van der Waals surface area contributed by atoms with Gasteiger partial charge >= 0.3 is 5.69 Å². The number of benzene rings is 1. The maximum Gasteiger partial charge on any atom is 0.312 e. The van der Waals surface area contributed by atoms with E-state index in [1.165, 1.54) is 16.4 Å². The Bertz CT molecular complexity index is 1190. The Morgan fingerprint density at radius 3 is 2.59 bits per heavy atom. The number of rotatable bonds is 9. The summed E-state index contributed by atoms with van der Waals surface area (Å²) in [4.78, 5) is 23.6. The number of aromatic nitrogens is 1. The molecule has 2 fully saturated rings. The third kappa shape index (κ3) is 4.86. The first-order valence-electron chi connectivity index (χ1n) is 11.4. The molecule has 184 valence electrons. The third-order valence-electron chi connectivity index (χ3n) is 6.47. The van der Waals surface area contributed by atoms with Crippen LogP contribution in [0.1, 0.15) is 47.4 Å². The van der Waals surface area contributed by atoms with Crippen molar-refractivity contribution in [1.29, 1.82) is 0 Å². The van der Waals surface area contributed by atoms with Crippen LogP contribution in [0.25, 0.3) is 0 Å². The van der Waals surface area contributed by atoms with Gasteiger partial charge in [-0.2, -0.15) is 4.31 Å². The highest BCUT2D eigenvalue weighted by atomic mass is 32.2. The van der Waals surface area contributed by atoms with Gasteiger partial charge in [-0.25, -0.2) is 8.42 Å². The average Bonchev–Trinajstić information content (AvgIpc) is 3.57. The molecule has 1 aromatic carbocycles. The van der Waals surface area contributed by atoms with Crippen molar-refractivity contribution >= 4 is 21.5 Å². The fourth-order valence-electron chi connectivity index (χ4n) is 4.58. The van der Waals surface area contributed by atoms with Crippen molar-refractivity contribution in [2.45, 2.75) is 57.1 Å². The number of hydrogen-bond acceptors (Lipinski definition) is 7. The van der Waals surface area contributed by atoms with Crippen molar-refractivity contribution in [3.63, 3.8) is 0 Å².